The highest BCUT2D eigenvalue weighted by atomic mass is 16.5. The first-order valence-corrected chi connectivity index (χ1v) is 11.6. The molecule has 33 heavy (non-hydrogen) atoms. The van der Waals surface area contributed by atoms with Gasteiger partial charge in [-0.3, -0.25) is 0 Å². The maximum absolute atomic E-state index is 6.18. The quantitative estimate of drug-likeness (QED) is 0.604. The number of aromatic nitrogens is 6. The summed E-state index contributed by atoms with van der Waals surface area (Å²) in [4.78, 5) is 13.4. The third-order valence-corrected chi connectivity index (χ3v) is 6.80. The lowest BCUT2D eigenvalue weighted by Crippen LogP contribution is -2.41. The maximum atomic E-state index is 6.18. The zero-order valence-corrected chi connectivity index (χ0v) is 19.4. The molecule has 0 atom stereocenters. The first-order valence-electron chi connectivity index (χ1n) is 11.6. The number of hydrogen-bond acceptors (Lipinski definition) is 8. The van der Waals surface area contributed by atoms with Gasteiger partial charge in [0.05, 0.1) is 5.71 Å². The number of ether oxygens (including phenoxy) is 1. The second kappa shape index (κ2) is 8.53. The summed E-state index contributed by atoms with van der Waals surface area (Å²) in [6.45, 7) is 5.81. The van der Waals surface area contributed by atoms with Crippen molar-refractivity contribution in [3.05, 3.63) is 47.0 Å². The Bertz CT molecular complexity index is 1150. The number of H-pyrrole nitrogens is 1. The van der Waals surface area contributed by atoms with Crippen molar-refractivity contribution < 1.29 is 4.74 Å². The van der Waals surface area contributed by atoms with Gasteiger partial charge in [-0.2, -0.15) is 10.2 Å². The van der Waals surface area contributed by atoms with Gasteiger partial charge in [0, 0.05) is 12.0 Å². The van der Waals surface area contributed by atoms with E-state index in [0.717, 1.165) is 35.9 Å². The van der Waals surface area contributed by atoms with Crippen molar-refractivity contribution in [2.24, 2.45) is 10.9 Å². The number of nitrogens with two attached hydrogens (primary N) is 1. The van der Waals surface area contributed by atoms with Gasteiger partial charge in [0.15, 0.2) is 17.3 Å². The second-order valence-electron chi connectivity index (χ2n) is 9.59. The molecule has 0 amide bonds. The fourth-order valence-corrected chi connectivity index (χ4v) is 5.01. The number of fused-ring (bicyclic) bond motifs is 1. The number of aromatic amines is 1. The third kappa shape index (κ3) is 4.44. The van der Waals surface area contributed by atoms with Crippen molar-refractivity contribution in [3.8, 4) is 5.88 Å². The molecule has 9 nitrogen and oxygen atoms in total. The minimum absolute atomic E-state index is 0.346. The predicted octanol–water partition coefficient (Wildman–Crippen LogP) is 4.08. The van der Waals surface area contributed by atoms with Crippen LogP contribution in [-0.2, 0) is 6.42 Å². The molecular formula is C24H30N8O. The molecule has 0 spiro atoms. The maximum Gasteiger partial charge on any atom is 0.246 e. The van der Waals surface area contributed by atoms with Crippen LogP contribution in [0.3, 0.4) is 0 Å². The van der Waals surface area contributed by atoms with Gasteiger partial charge in [-0.1, -0.05) is 29.5 Å². The molecule has 3 aromatic rings. The molecule has 1 fully saturated rings. The Morgan fingerprint density at radius 2 is 1.85 bits per heavy atom. The monoisotopic (exact) mass is 446 g/mol. The van der Waals surface area contributed by atoms with Crippen molar-refractivity contribution in [1.29, 1.82) is 0 Å². The fourth-order valence-electron chi connectivity index (χ4n) is 5.01. The molecule has 2 aliphatic rings. The minimum Gasteiger partial charge on any atom is -0.463 e. The number of aryl methyl sites for hydroxylation is 2. The lowest BCUT2D eigenvalue weighted by Gasteiger charge is -2.32. The van der Waals surface area contributed by atoms with Crippen LogP contribution < -0.4 is 10.5 Å². The van der Waals surface area contributed by atoms with E-state index in [2.05, 4.69) is 54.9 Å². The Labute approximate surface area is 193 Å². The van der Waals surface area contributed by atoms with Gasteiger partial charge in [0.2, 0.25) is 5.88 Å². The number of nitrogens with zero attached hydrogens (tertiary/aromatic N) is 6. The minimum atomic E-state index is -0.613. The van der Waals surface area contributed by atoms with Crippen molar-refractivity contribution in [2.45, 2.75) is 70.8 Å². The van der Waals surface area contributed by atoms with Crippen LogP contribution in [0, 0.1) is 12.8 Å². The summed E-state index contributed by atoms with van der Waals surface area (Å²) in [5, 5.41) is 14.3. The van der Waals surface area contributed by atoms with Gasteiger partial charge in [0.25, 0.3) is 0 Å². The van der Waals surface area contributed by atoms with Gasteiger partial charge in [-0.05, 0) is 70.3 Å². The molecule has 3 heterocycles. The Hall–Kier alpha value is -3.36. The molecule has 9 heteroatoms. The van der Waals surface area contributed by atoms with Gasteiger partial charge in [-0.15, -0.1) is 10.2 Å². The summed E-state index contributed by atoms with van der Waals surface area (Å²) in [5.41, 5.74) is 9.27. The van der Waals surface area contributed by atoms with Crippen LogP contribution >= 0.6 is 0 Å². The van der Waals surface area contributed by atoms with Crippen LogP contribution in [0.2, 0.25) is 0 Å². The van der Waals surface area contributed by atoms with Gasteiger partial charge in [-0.25, -0.2) is 9.98 Å². The van der Waals surface area contributed by atoms with E-state index in [4.69, 9.17) is 15.5 Å². The molecule has 1 saturated carbocycles. The highest BCUT2D eigenvalue weighted by Crippen LogP contribution is 2.40. The number of hydrogen-bond donors (Lipinski definition) is 2. The SMILES string of the molecule is Cc1nc(N)c2c(n1)OC(C)(C)C(c1ccc([C@H]3CC[C@H](CCc4nn[nH]n4)CC3)cc1)=N2. The molecule has 2 aromatic heterocycles. The van der Waals surface area contributed by atoms with Crippen molar-refractivity contribution in [2.75, 3.05) is 5.73 Å². The number of nitrogen functional groups attached to an aromatic ring is 1. The highest BCUT2D eigenvalue weighted by Gasteiger charge is 2.35. The molecule has 1 aromatic carbocycles. The third-order valence-electron chi connectivity index (χ3n) is 6.80. The van der Waals surface area contributed by atoms with Crippen molar-refractivity contribution in [3.63, 3.8) is 0 Å². The van der Waals surface area contributed by atoms with Crippen LogP contribution in [0.25, 0.3) is 0 Å². The van der Waals surface area contributed by atoms with E-state index in [1.165, 1.54) is 31.2 Å². The summed E-state index contributed by atoms with van der Waals surface area (Å²) in [5.74, 6) is 3.53. The second-order valence-corrected chi connectivity index (χ2v) is 9.59. The molecule has 1 aliphatic heterocycles. The van der Waals surface area contributed by atoms with E-state index in [-0.39, 0.29) is 0 Å². The summed E-state index contributed by atoms with van der Waals surface area (Å²) in [6.07, 6.45) is 6.95. The van der Waals surface area contributed by atoms with Crippen LogP contribution in [0.5, 0.6) is 5.88 Å². The first kappa shape index (κ1) is 21.5. The van der Waals surface area contributed by atoms with E-state index in [0.29, 0.717) is 29.1 Å². The Balaban J connectivity index is 1.27. The molecule has 0 saturated heterocycles. The van der Waals surface area contributed by atoms with Gasteiger partial charge >= 0.3 is 0 Å². The Morgan fingerprint density at radius 1 is 1.09 bits per heavy atom. The molecule has 5 rings (SSSR count). The van der Waals surface area contributed by atoms with E-state index in [1.807, 2.05) is 13.8 Å². The fraction of sp³-hybridized carbons (Fsp3) is 0.500. The van der Waals surface area contributed by atoms with Crippen LogP contribution in [0.1, 0.15) is 74.6 Å². The average Bonchev–Trinajstić information content (AvgIpc) is 3.31. The van der Waals surface area contributed by atoms with Crippen molar-refractivity contribution >= 4 is 17.2 Å². The summed E-state index contributed by atoms with van der Waals surface area (Å²) in [6, 6.07) is 8.78. The number of anilines is 1. The molecule has 0 unspecified atom stereocenters. The van der Waals surface area contributed by atoms with Crippen LogP contribution in [-0.4, -0.2) is 41.9 Å². The average molecular weight is 447 g/mol. The molecular weight excluding hydrogens is 416 g/mol. The van der Waals surface area contributed by atoms with Gasteiger partial charge < -0.3 is 10.5 Å². The largest absolute Gasteiger partial charge is 0.463 e. The van der Waals surface area contributed by atoms with Crippen LogP contribution in [0.15, 0.2) is 29.3 Å². The molecule has 1 aliphatic carbocycles. The van der Waals surface area contributed by atoms with E-state index in [1.54, 1.807) is 6.92 Å². The number of nitrogens with one attached hydrogen (secondary N) is 1. The zero-order chi connectivity index (χ0) is 23.0. The Kier molecular flexibility index (Phi) is 5.55. The normalized spacial score (nSPS) is 21.7. The molecule has 0 bridgehead atoms. The number of benzene rings is 1. The standard InChI is InChI=1S/C24H30N8O/c1-14-26-22(25)20-23(27-14)33-24(2,3)21(28-20)18-11-9-17(10-12-18)16-7-4-15(5-8-16)6-13-19-29-31-32-30-19/h9-12,15-16H,4-8,13H2,1-3H3,(H2,25,26,27)(H,29,30,31,32)/t15-,16-. The predicted molar refractivity (Wildman–Crippen MR) is 126 cm³/mol. The summed E-state index contributed by atoms with van der Waals surface area (Å²) in [7, 11) is 0. The number of tetrazole rings is 1. The topological polar surface area (TPSA) is 128 Å². The lowest BCUT2D eigenvalue weighted by molar-refractivity contribution is 0.171. The smallest absolute Gasteiger partial charge is 0.246 e. The van der Waals surface area contributed by atoms with E-state index < -0.39 is 5.60 Å². The molecule has 3 N–H and O–H groups in total. The summed E-state index contributed by atoms with van der Waals surface area (Å²) >= 11 is 0. The zero-order valence-electron chi connectivity index (χ0n) is 19.4. The molecule has 172 valence electrons. The highest BCUT2D eigenvalue weighted by molar-refractivity contribution is 6.09. The van der Waals surface area contributed by atoms with Crippen LogP contribution in [0.4, 0.5) is 11.5 Å². The summed E-state index contributed by atoms with van der Waals surface area (Å²) < 4.78 is 6.18. The first-order chi connectivity index (χ1) is 15.9. The Morgan fingerprint density at radius 3 is 2.55 bits per heavy atom. The number of aliphatic imine (C=N–C) groups is 1. The molecule has 0 radical (unpaired) electrons. The lowest BCUT2D eigenvalue weighted by atomic mass is 9.77. The van der Waals surface area contributed by atoms with E-state index in [9.17, 15) is 0 Å². The van der Waals surface area contributed by atoms with E-state index >= 15 is 0 Å². The van der Waals surface area contributed by atoms with Crippen molar-refractivity contribution in [1.82, 2.24) is 30.6 Å². The number of rotatable bonds is 5. The van der Waals surface area contributed by atoms with Gasteiger partial charge in [0.1, 0.15) is 11.4 Å².